The Morgan fingerprint density at radius 3 is 2.33 bits per heavy atom. The first-order valence-electron chi connectivity index (χ1n) is 2.87. The van der Waals surface area contributed by atoms with Crippen molar-refractivity contribution < 1.29 is 12.6 Å². The zero-order chi connectivity index (χ0) is 6.27. The lowest BCUT2D eigenvalue weighted by molar-refractivity contribution is 0.396. The molecule has 0 aromatic heterocycles. The Morgan fingerprint density at radius 2 is 1.78 bits per heavy atom. The Kier molecular flexibility index (Phi) is 1.02. The Morgan fingerprint density at radius 1 is 1.22 bits per heavy atom. The Labute approximate surface area is 55.5 Å². The first kappa shape index (κ1) is 5.29. The van der Waals surface area contributed by atoms with Crippen LogP contribution in [0.3, 0.4) is 0 Å². The summed E-state index contributed by atoms with van der Waals surface area (Å²) in [6, 6.07) is 0. The van der Waals surface area contributed by atoms with Crippen molar-refractivity contribution in [3.8, 4) is 0 Å². The number of hydrogen-bond acceptors (Lipinski definition) is 3. The molecule has 0 radical (unpaired) electrons. The van der Waals surface area contributed by atoms with Crippen molar-refractivity contribution in [3.05, 3.63) is 11.5 Å². The monoisotopic (exact) mass is 146 g/mol. The van der Waals surface area contributed by atoms with Gasteiger partial charge in [0.2, 0.25) is 0 Å². The van der Waals surface area contributed by atoms with Gasteiger partial charge >= 0.3 is 11.4 Å². The molecule has 0 atom stereocenters. The fourth-order valence-corrected chi connectivity index (χ4v) is 1.76. The molecule has 1 heterocycles. The van der Waals surface area contributed by atoms with E-state index in [0.717, 1.165) is 30.8 Å². The van der Waals surface area contributed by atoms with Gasteiger partial charge in [0.25, 0.3) is 0 Å². The van der Waals surface area contributed by atoms with Gasteiger partial charge in [0.15, 0.2) is 11.5 Å². The molecule has 50 valence electrons. The summed E-state index contributed by atoms with van der Waals surface area (Å²) in [5, 5.41) is 0. The highest BCUT2D eigenvalue weighted by molar-refractivity contribution is 7.75. The quantitative estimate of drug-likeness (QED) is 0.511. The predicted octanol–water partition coefficient (Wildman–Crippen LogP) is 1.01. The lowest BCUT2D eigenvalue weighted by Gasteiger charge is -1.93. The molecule has 4 heteroatoms. The third kappa shape index (κ3) is 0.738. The molecule has 0 amide bonds. The minimum Gasteiger partial charge on any atom is -0.372 e. The highest BCUT2D eigenvalue weighted by atomic mass is 32.2. The van der Waals surface area contributed by atoms with Gasteiger partial charge in [-0.25, -0.2) is 0 Å². The second-order valence-electron chi connectivity index (χ2n) is 2.07. The summed E-state index contributed by atoms with van der Waals surface area (Å²) in [6.45, 7) is 0. The molecule has 2 rings (SSSR count). The summed E-state index contributed by atoms with van der Waals surface area (Å²) in [7, 11) is 0. The van der Waals surface area contributed by atoms with E-state index >= 15 is 0 Å². The summed E-state index contributed by atoms with van der Waals surface area (Å²) >= 11 is -1.51. The van der Waals surface area contributed by atoms with E-state index in [1.165, 1.54) is 0 Å². The number of hydrogen-bond donors (Lipinski definition) is 0. The van der Waals surface area contributed by atoms with Crippen LogP contribution in [0.4, 0.5) is 0 Å². The molecule has 2 aliphatic rings. The molecule has 9 heavy (non-hydrogen) atoms. The average molecular weight is 146 g/mol. The van der Waals surface area contributed by atoms with Crippen LogP contribution < -0.4 is 0 Å². The Hall–Kier alpha value is -0.510. The van der Waals surface area contributed by atoms with Crippen LogP contribution in [0.5, 0.6) is 0 Å². The maximum Gasteiger partial charge on any atom is 0.417 e. The van der Waals surface area contributed by atoms with Gasteiger partial charge in [0.05, 0.1) is 0 Å². The maximum absolute atomic E-state index is 10.5. The second-order valence-corrected chi connectivity index (χ2v) is 2.81. The van der Waals surface area contributed by atoms with Gasteiger partial charge in [-0.3, -0.25) is 0 Å². The van der Waals surface area contributed by atoms with E-state index < -0.39 is 11.4 Å². The summed E-state index contributed by atoms with van der Waals surface area (Å²) in [6.07, 6.45) is 2.85. The van der Waals surface area contributed by atoms with Crippen LogP contribution in [0.15, 0.2) is 11.5 Å². The van der Waals surface area contributed by atoms with Gasteiger partial charge in [-0.1, -0.05) is 0 Å². The molecule has 0 aromatic carbocycles. The first-order chi connectivity index (χ1) is 4.36. The normalized spacial score (nSPS) is 25.8. The molecule has 0 N–H and O–H groups in total. The molecule has 0 fully saturated rings. The summed E-state index contributed by atoms with van der Waals surface area (Å²) in [5.41, 5.74) is 0. The number of allylic oxidation sites excluding steroid dienone is 2. The van der Waals surface area contributed by atoms with Gasteiger partial charge in [-0.15, -0.1) is 0 Å². The average Bonchev–Trinajstić information content (AvgIpc) is 2.22. The standard InChI is InChI=1S/C5H6O3S/c6-9-7-4-2-1-3-5(4)8-9/h1-3H2. The molecule has 0 saturated carbocycles. The lowest BCUT2D eigenvalue weighted by Crippen LogP contribution is -1.89. The maximum atomic E-state index is 10.5. The van der Waals surface area contributed by atoms with Crippen molar-refractivity contribution in [2.24, 2.45) is 0 Å². The minimum atomic E-state index is -1.51. The van der Waals surface area contributed by atoms with Crippen LogP contribution in [-0.2, 0) is 19.7 Å². The minimum absolute atomic E-state index is 0.799. The highest BCUT2D eigenvalue weighted by Gasteiger charge is 2.28. The van der Waals surface area contributed by atoms with Crippen molar-refractivity contribution >= 4 is 11.4 Å². The first-order valence-corrected chi connectivity index (χ1v) is 3.87. The van der Waals surface area contributed by atoms with E-state index in [2.05, 4.69) is 0 Å². The van der Waals surface area contributed by atoms with Crippen LogP contribution >= 0.6 is 0 Å². The molecular formula is C5H6O3S. The second kappa shape index (κ2) is 1.73. The van der Waals surface area contributed by atoms with Gasteiger partial charge in [-0.2, -0.15) is 4.21 Å². The lowest BCUT2D eigenvalue weighted by atomic mass is 10.4. The smallest absolute Gasteiger partial charge is 0.372 e. The van der Waals surface area contributed by atoms with Gasteiger partial charge < -0.3 is 8.37 Å². The SMILES string of the molecule is O=S1OC2=C(CCC2)O1. The largest absolute Gasteiger partial charge is 0.417 e. The molecule has 0 unspecified atom stereocenters. The molecule has 1 aliphatic carbocycles. The van der Waals surface area contributed by atoms with Crippen molar-refractivity contribution in [2.45, 2.75) is 19.3 Å². The van der Waals surface area contributed by atoms with E-state index in [9.17, 15) is 4.21 Å². The van der Waals surface area contributed by atoms with E-state index in [1.54, 1.807) is 0 Å². The van der Waals surface area contributed by atoms with E-state index in [0.29, 0.717) is 0 Å². The van der Waals surface area contributed by atoms with E-state index in [4.69, 9.17) is 8.37 Å². The summed E-state index contributed by atoms with van der Waals surface area (Å²) in [5.74, 6) is 1.60. The molecule has 1 aliphatic heterocycles. The van der Waals surface area contributed by atoms with Crippen molar-refractivity contribution in [1.29, 1.82) is 0 Å². The third-order valence-corrected chi connectivity index (χ3v) is 2.13. The molecule has 0 spiro atoms. The van der Waals surface area contributed by atoms with Crippen LogP contribution in [-0.4, -0.2) is 4.21 Å². The molecule has 0 saturated heterocycles. The van der Waals surface area contributed by atoms with Crippen LogP contribution in [0, 0.1) is 0 Å². The summed E-state index contributed by atoms with van der Waals surface area (Å²) < 4.78 is 20.1. The molecule has 0 bridgehead atoms. The van der Waals surface area contributed by atoms with Crippen LogP contribution in [0.2, 0.25) is 0 Å². The summed E-state index contributed by atoms with van der Waals surface area (Å²) in [4.78, 5) is 0. The van der Waals surface area contributed by atoms with Gasteiger partial charge in [0, 0.05) is 12.8 Å². The van der Waals surface area contributed by atoms with Crippen LogP contribution in [0.25, 0.3) is 0 Å². The zero-order valence-corrected chi connectivity index (χ0v) is 5.57. The van der Waals surface area contributed by atoms with Gasteiger partial charge in [0.1, 0.15) is 0 Å². The Bertz CT molecular complexity index is 178. The van der Waals surface area contributed by atoms with Crippen molar-refractivity contribution in [3.63, 3.8) is 0 Å². The molecule has 3 nitrogen and oxygen atoms in total. The fraction of sp³-hybridized carbons (Fsp3) is 0.600. The predicted molar refractivity (Wildman–Crippen MR) is 31.2 cm³/mol. The topological polar surface area (TPSA) is 35.5 Å². The van der Waals surface area contributed by atoms with Crippen molar-refractivity contribution in [2.75, 3.05) is 0 Å². The Balaban J connectivity index is 2.23. The molecule has 0 aromatic rings. The highest BCUT2D eigenvalue weighted by Crippen LogP contribution is 2.34. The number of rotatable bonds is 0. The molecular weight excluding hydrogens is 140 g/mol. The third-order valence-electron chi connectivity index (χ3n) is 1.46. The van der Waals surface area contributed by atoms with E-state index in [1.807, 2.05) is 0 Å². The van der Waals surface area contributed by atoms with Crippen LogP contribution in [0.1, 0.15) is 19.3 Å². The van der Waals surface area contributed by atoms with E-state index in [-0.39, 0.29) is 0 Å². The van der Waals surface area contributed by atoms with Crippen molar-refractivity contribution in [1.82, 2.24) is 0 Å². The fourth-order valence-electron chi connectivity index (χ4n) is 1.05. The van der Waals surface area contributed by atoms with Gasteiger partial charge in [-0.05, 0) is 6.42 Å². The zero-order valence-electron chi connectivity index (χ0n) is 4.75.